The maximum Gasteiger partial charge on any atom is 0.416 e. The van der Waals surface area contributed by atoms with Crippen LogP contribution in [-0.4, -0.2) is 5.11 Å². The van der Waals surface area contributed by atoms with Crippen LogP contribution in [0, 0.1) is 0 Å². The van der Waals surface area contributed by atoms with Gasteiger partial charge in [-0.2, -0.15) is 13.2 Å². The second kappa shape index (κ2) is 5.53. The lowest BCUT2D eigenvalue weighted by Crippen LogP contribution is -2.42. The predicted molar refractivity (Wildman–Crippen MR) is 92.5 cm³/mol. The number of rotatable bonds is 1. The molecule has 0 amide bonds. The molecule has 2 N–H and O–H groups in total. The van der Waals surface area contributed by atoms with E-state index in [1.807, 2.05) is 24.3 Å². The molecule has 128 valence electrons. The molecule has 4 rings (SSSR count). The SMILES string of the molecule is OC1=C2C=C(Br)c3ccccc3N2NN1c1cccc(C(F)(F)F)c1. The summed E-state index contributed by atoms with van der Waals surface area (Å²) in [5.74, 6) is -0.189. The van der Waals surface area contributed by atoms with Crippen molar-refractivity contribution < 1.29 is 18.3 Å². The van der Waals surface area contributed by atoms with Gasteiger partial charge in [-0.1, -0.05) is 40.2 Å². The number of hydrogen-bond donors (Lipinski definition) is 2. The van der Waals surface area contributed by atoms with Gasteiger partial charge in [0.15, 0.2) is 0 Å². The lowest BCUT2D eigenvalue weighted by atomic mass is 10.1. The highest BCUT2D eigenvalue weighted by atomic mass is 79.9. The number of hydrazine groups is 2. The standard InChI is InChI=1S/C17H11BrF3N3O/c18-13-9-15-16(25)23(11-5-3-4-10(8-11)17(19,20)21)22-24(15)14-7-2-1-6-12(13)14/h1-9,22,25H. The molecule has 2 heterocycles. The van der Waals surface area contributed by atoms with Crippen LogP contribution in [-0.2, 0) is 6.18 Å². The van der Waals surface area contributed by atoms with E-state index in [2.05, 4.69) is 21.5 Å². The number of allylic oxidation sites excluding steroid dienone is 1. The zero-order valence-electron chi connectivity index (χ0n) is 12.5. The third-order valence-electron chi connectivity index (χ3n) is 3.98. The van der Waals surface area contributed by atoms with Crippen LogP contribution in [0.5, 0.6) is 0 Å². The first-order valence-electron chi connectivity index (χ1n) is 7.30. The topological polar surface area (TPSA) is 38.7 Å². The van der Waals surface area contributed by atoms with Gasteiger partial charge in [-0.25, -0.2) is 5.01 Å². The molecule has 25 heavy (non-hydrogen) atoms. The van der Waals surface area contributed by atoms with Crippen LogP contribution in [0.4, 0.5) is 24.5 Å². The van der Waals surface area contributed by atoms with Gasteiger partial charge >= 0.3 is 6.18 Å². The second-order valence-electron chi connectivity index (χ2n) is 5.54. The Morgan fingerprint density at radius 1 is 1.00 bits per heavy atom. The number of para-hydroxylation sites is 1. The largest absolute Gasteiger partial charge is 0.492 e. The van der Waals surface area contributed by atoms with Crippen molar-refractivity contribution in [3.63, 3.8) is 0 Å². The van der Waals surface area contributed by atoms with Gasteiger partial charge < -0.3 is 5.11 Å². The monoisotopic (exact) mass is 409 g/mol. The van der Waals surface area contributed by atoms with E-state index in [4.69, 9.17) is 0 Å². The molecule has 0 bridgehead atoms. The molecule has 2 aliphatic heterocycles. The van der Waals surface area contributed by atoms with Gasteiger partial charge in [0.2, 0.25) is 5.88 Å². The Labute approximate surface area is 149 Å². The highest BCUT2D eigenvalue weighted by molar-refractivity contribution is 9.15. The Hall–Kier alpha value is -2.45. The van der Waals surface area contributed by atoms with Gasteiger partial charge in [0, 0.05) is 10.0 Å². The van der Waals surface area contributed by atoms with Crippen molar-refractivity contribution in [1.29, 1.82) is 0 Å². The molecule has 0 saturated carbocycles. The molecule has 0 aliphatic carbocycles. The van der Waals surface area contributed by atoms with Gasteiger partial charge in [-0.05, 0) is 30.3 Å². The molecule has 8 heteroatoms. The average Bonchev–Trinajstić information content (AvgIpc) is 2.92. The smallest absolute Gasteiger partial charge is 0.416 e. The van der Waals surface area contributed by atoms with Crippen molar-refractivity contribution in [2.24, 2.45) is 0 Å². The molecule has 0 aromatic heterocycles. The van der Waals surface area contributed by atoms with Gasteiger partial charge in [0.05, 0.1) is 16.9 Å². The Balaban J connectivity index is 1.78. The van der Waals surface area contributed by atoms with Gasteiger partial charge in [-0.3, -0.25) is 5.01 Å². The molecule has 0 spiro atoms. The maximum absolute atomic E-state index is 13.0. The van der Waals surface area contributed by atoms with Crippen molar-refractivity contribution in [3.05, 3.63) is 77.3 Å². The van der Waals surface area contributed by atoms with Crippen LogP contribution in [0.25, 0.3) is 4.48 Å². The lowest BCUT2D eigenvalue weighted by Gasteiger charge is -2.28. The Kier molecular flexibility index (Phi) is 3.55. The molecule has 0 saturated heterocycles. The van der Waals surface area contributed by atoms with Crippen LogP contribution in [0.2, 0.25) is 0 Å². The van der Waals surface area contributed by atoms with E-state index in [9.17, 15) is 18.3 Å². The number of aliphatic hydroxyl groups excluding tert-OH is 1. The molecular weight excluding hydrogens is 399 g/mol. The van der Waals surface area contributed by atoms with Crippen molar-refractivity contribution in [1.82, 2.24) is 5.53 Å². The number of alkyl halides is 3. The minimum absolute atomic E-state index is 0.177. The maximum atomic E-state index is 13.0. The number of nitrogens with zero attached hydrogens (tertiary/aromatic N) is 2. The van der Waals surface area contributed by atoms with Crippen molar-refractivity contribution in [2.45, 2.75) is 6.18 Å². The summed E-state index contributed by atoms with van der Waals surface area (Å²) in [5, 5.41) is 13.4. The summed E-state index contributed by atoms with van der Waals surface area (Å²) in [6.07, 6.45) is -2.75. The summed E-state index contributed by atoms with van der Waals surface area (Å²) in [5.41, 5.74) is 4.42. The normalized spacial score (nSPS) is 16.7. The molecule has 0 radical (unpaired) electrons. The van der Waals surface area contributed by atoms with E-state index >= 15 is 0 Å². The second-order valence-corrected chi connectivity index (χ2v) is 6.39. The fourth-order valence-electron chi connectivity index (χ4n) is 2.80. The highest BCUT2D eigenvalue weighted by Gasteiger charge is 2.36. The zero-order valence-corrected chi connectivity index (χ0v) is 14.1. The van der Waals surface area contributed by atoms with Crippen molar-refractivity contribution >= 4 is 31.8 Å². The van der Waals surface area contributed by atoms with Crippen LogP contribution in [0.15, 0.2) is 66.2 Å². The number of nitrogens with one attached hydrogen (secondary N) is 1. The summed E-state index contributed by atoms with van der Waals surface area (Å²) in [6.45, 7) is 0. The third kappa shape index (κ3) is 2.58. The first-order chi connectivity index (χ1) is 11.9. The lowest BCUT2D eigenvalue weighted by molar-refractivity contribution is -0.137. The Bertz CT molecular complexity index is 923. The molecule has 4 nitrogen and oxygen atoms in total. The van der Waals surface area contributed by atoms with Crippen molar-refractivity contribution in [2.75, 3.05) is 10.0 Å². The van der Waals surface area contributed by atoms with Crippen LogP contribution >= 0.6 is 15.9 Å². The van der Waals surface area contributed by atoms with Gasteiger partial charge in [-0.15, -0.1) is 5.53 Å². The first kappa shape index (κ1) is 16.0. The van der Waals surface area contributed by atoms with Gasteiger partial charge in [0.25, 0.3) is 0 Å². The fourth-order valence-corrected chi connectivity index (χ4v) is 3.35. The highest BCUT2D eigenvalue weighted by Crippen LogP contribution is 2.42. The zero-order chi connectivity index (χ0) is 17.8. The average molecular weight is 410 g/mol. The number of fused-ring (bicyclic) bond motifs is 3. The third-order valence-corrected chi connectivity index (χ3v) is 4.64. The Morgan fingerprint density at radius 2 is 1.76 bits per heavy atom. The number of hydrogen-bond acceptors (Lipinski definition) is 4. The molecule has 0 unspecified atom stereocenters. The van der Waals surface area contributed by atoms with E-state index in [1.54, 1.807) is 11.1 Å². The summed E-state index contributed by atoms with van der Waals surface area (Å²) in [7, 11) is 0. The van der Waals surface area contributed by atoms with E-state index in [-0.39, 0.29) is 11.6 Å². The summed E-state index contributed by atoms with van der Waals surface area (Å²) >= 11 is 3.46. The molecule has 2 aromatic rings. The summed E-state index contributed by atoms with van der Waals surface area (Å²) < 4.78 is 39.6. The first-order valence-corrected chi connectivity index (χ1v) is 8.09. The fraction of sp³-hybridized carbons (Fsp3) is 0.0588. The number of aliphatic hydroxyl groups is 1. The van der Waals surface area contributed by atoms with Crippen LogP contribution in [0.1, 0.15) is 11.1 Å². The number of halogens is 4. The molecular formula is C17H11BrF3N3O. The summed E-state index contributed by atoms with van der Waals surface area (Å²) in [4.78, 5) is 0. The van der Waals surface area contributed by atoms with E-state index in [0.717, 1.165) is 27.9 Å². The summed E-state index contributed by atoms with van der Waals surface area (Å²) in [6, 6.07) is 12.2. The Morgan fingerprint density at radius 3 is 2.52 bits per heavy atom. The van der Waals surface area contributed by atoms with E-state index < -0.39 is 11.7 Å². The van der Waals surface area contributed by atoms with E-state index in [0.29, 0.717) is 5.70 Å². The molecule has 2 aliphatic rings. The minimum atomic E-state index is -4.46. The van der Waals surface area contributed by atoms with Gasteiger partial charge in [0.1, 0.15) is 5.70 Å². The quantitative estimate of drug-likeness (QED) is 0.700. The number of anilines is 2. The van der Waals surface area contributed by atoms with E-state index in [1.165, 1.54) is 17.1 Å². The molecule has 2 aromatic carbocycles. The van der Waals surface area contributed by atoms with Crippen LogP contribution in [0.3, 0.4) is 0 Å². The minimum Gasteiger partial charge on any atom is -0.492 e. The molecule has 0 atom stereocenters. The predicted octanol–water partition coefficient (Wildman–Crippen LogP) is 4.93. The number of benzene rings is 2. The van der Waals surface area contributed by atoms with Crippen molar-refractivity contribution in [3.8, 4) is 0 Å². The molecule has 0 fully saturated rings. The van der Waals surface area contributed by atoms with Crippen LogP contribution < -0.4 is 15.6 Å².